The van der Waals surface area contributed by atoms with Crippen molar-refractivity contribution in [3.63, 3.8) is 0 Å². The second-order valence-electron chi connectivity index (χ2n) is 5.94. The van der Waals surface area contributed by atoms with Gasteiger partial charge in [0.05, 0.1) is 10.5 Å². The van der Waals surface area contributed by atoms with Gasteiger partial charge in [0.15, 0.2) is 0 Å². The Morgan fingerprint density at radius 1 is 0.933 bits per heavy atom. The lowest BCUT2D eigenvalue weighted by molar-refractivity contribution is -0.383. The Kier molecular flexibility index (Phi) is 6.08. The van der Waals surface area contributed by atoms with Crippen molar-refractivity contribution >= 4 is 29.1 Å². The Morgan fingerprint density at radius 2 is 1.53 bits per heavy atom. The third kappa shape index (κ3) is 4.81. The third-order valence-electron chi connectivity index (χ3n) is 3.83. The van der Waals surface area contributed by atoms with E-state index < -0.39 is 22.4 Å². The lowest BCUT2D eigenvalue weighted by Crippen LogP contribution is -2.32. The van der Waals surface area contributed by atoms with Gasteiger partial charge in [-0.2, -0.15) is 0 Å². The lowest BCUT2D eigenvalue weighted by Gasteiger charge is -2.11. The molecule has 0 atom stereocenters. The van der Waals surface area contributed by atoms with Crippen LogP contribution in [0.5, 0.6) is 0 Å². The van der Waals surface area contributed by atoms with Crippen molar-refractivity contribution in [1.82, 2.24) is 25.8 Å². The summed E-state index contributed by atoms with van der Waals surface area (Å²) in [6, 6.07) is 9.83. The minimum atomic E-state index is -0.751. The summed E-state index contributed by atoms with van der Waals surface area (Å²) in [5.41, 5.74) is 10.4. The number of pyridine rings is 1. The molecule has 30 heavy (non-hydrogen) atoms. The van der Waals surface area contributed by atoms with Crippen molar-refractivity contribution in [1.29, 1.82) is 0 Å². The standard InChI is InChI=1S/C18H16N8O4/c1-11-4-6-12(7-5-11)17(27)24-22-15-14(26(29)30)16(21-10-20-15)23-25-18(28)13-3-2-8-19-9-13/h2-10H,1H3,(H,24,27)(H,25,28)(H2,20,21,22,23). The van der Waals surface area contributed by atoms with Crippen LogP contribution >= 0.6 is 0 Å². The second kappa shape index (κ2) is 9.05. The molecule has 1 aromatic carbocycles. The number of amides is 2. The van der Waals surface area contributed by atoms with E-state index in [2.05, 4.69) is 36.7 Å². The molecule has 2 heterocycles. The third-order valence-corrected chi connectivity index (χ3v) is 3.83. The molecule has 4 N–H and O–H groups in total. The molecular weight excluding hydrogens is 392 g/mol. The summed E-state index contributed by atoms with van der Waals surface area (Å²) in [5.74, 6) is -1.63. The average molecular weight is 408 g/mol. The van der Waals surface area contributed by atoms with Crippen molar-refractivity contribution in [3.8, 4) is 0 Å². The minimum Gasteiger partial charge on any atom is -0.276 e. The number of hydrazine groups is 2. The highest BCUT2D eigenvalue weighted by molar-refractivity contribution is 5.95. The monoisotopic (exact) mass is 408 g/mol. The molecule has 2 aromatic heterocycles. The first kappa shape index (κ1) is 20.1. The number of nitrogens with one attached hydrogen (secondary N) is 4. The molecule has 12 nitrogen and oxygen atoms in total. The number of nitrogens with zero attached hydrogens (tertiary/aromatic N) is 4. The Hall–Kier alpha value is -4.61. The molecule has 0 unspecified atom stereocenters. The fourth-order valence-corrected chi connectivity index (χ4v) is 2.31. The quantitative estimate of drug-likeness (QED) is 0.336. The first-order chi connectivity index (χ1) is 14.5. The summed E-state index contributed by atoms with van der Waals surface area (Å²) in [5, 5.41) is 11.5. The van der Waals surface area contributed by atoms with Gasteiger partial charge in [0.25, 0.3) is 11.8 Å². The molecule has 152 valence electrons. The summed E-state index contributed by atoms with van der Waals surface area (Å²) in [6.45, 7) is 1.88. The van der Waals surface area contributed by atoms with Crippen molar-refractivity contribution in [2.24, 2.45) is 0 Å². The van der Waals surface area contributed by atoms with Crippen LogP contribution in [0.15, 0.2) is 55.1 Å². The Morgan fingerprint density at radius 3 is 2.07 bits per heavy atom. The number of rotatable bonds is 7. The van der Waals surface area contributed by atoms with Gasteiger partial charge in [0, 0.05) is 18.0 Å². The molecule has 0 spiro atoms. The van der Waals surface area contributed by atoms with Gasteiger partial charge in [0.1, 0.15) is 6.33 Å². The molecule has 0 aliphatic heterocycles. The molecule has 0 saturated heterocycles. The van der Waals surface area contributed by atoms with Gasteiger partial charge >= 0.3 is 5.69 Å². The van der Waals surface area contributed by atoms with Crippen molar-refractivity contribution in [2.45, 2.75) is 6.92 Å². The maximum Gasteiger partial charge on any atom is 0.356 e. The Labute approximate surface area is 169 Å². The number of carbonyl (C=O) groups excluding carboxylic acids is 2. The van der Waals surface area contributed by atoms with E-state index >= 15 is 0 Å². The Balaban J connectivity index is 1.72. The van der Waals surface area contributed by atoms with E-state index in [1.54, 1.807) is 30.3 Å². The first-order valence-electron chi connectivity index (χ1n) is 8.54. The van der Waals surface area contributed by atoms with Crippen LogP contribution in [0.2, 0.25) is 0 Å². The predicted molar refractivity (Wildman–Crippen MR) is 106 cm³/mol. The summed E-state index contributed by atoms with van der Waals surface area (Å²) in [6.07, 6.45) is 3.87. The van der Waals surface area contributed by atoms with Gasteiger partial charge in [-0.15, -0.1) is 0 Å². The number of aromatic nitrogens is 3. The lowest BCUT2D eigenvalue weighted by atomic mass is 10.1. The molecule has 0 aliphatic rings. The zero-order valence-corrected chi connectivity index (χ0v) is 15.6. The highest BCUT2D eigenvalue weighted by Gasteiger charge is 2.24. The van der Waals surface area contributed by atoms with Gasteiger partial charge in [-0.3, -0.25) is 46.4 Å². The molecule has 3 aromatic rings. The molecule has 0 aliphatic carbocycles. The normalized spacial score (nSPS) is 10.0. The fraction of sp³-hybridized carbons (Fsp3) is 0.0556. The van der Waals surface area contributed by atoms with Crippen molar-refractivity contribution in [3.05, 3.63) is 81.9 Å². The number of carbonyl (C=O) groups is 2. The van der Waals surface area contributed by atoms with E-state index in [1.165, 1.54) is 18.5 Å². The molecule has 3 rings (SSSR count). The highest BCUT2D eigenvalue weighted by atomic mass is 16.6. The van der Waals surface area contributed by atoms with E-state index in [4.69, 9.17) is 0 Å². The Bertz CT molecular complexity index is 1070. The molecule has 0 radical (unpaired) electrons. The highest BCUT2D eigenvalue weighted by Crippen LogP contribution is 2.27. The van der Waals surface area contributed by atoms with Crippen molar-refractivity contribution < 1.29 is 14.5 Å². The summed E-state index contributed by atoms with van der Waals surface area (Å²) < 4.78 is 0. The van der Waals surface area contributed by atoms with E-state index in [0.717, 1.165) is 11.9 Å². The topological polar surface area (TPSA) is 164 Å². The number of anilines is 2. The van der Waals surface area contributed by atoms with Crippen LogP contribution in [0.3, 0.4) is 0 Å². The summed E-state index contributed by atoms with van der Waals surface area (Å²) in [7, 11) is 0. The number of aryl methyl sites for hydroxylation is 1. The minimum absolute atomic E-state index is 0.241. The van der Waals surface area contributed by atoms with Gasteiger partial charge in [-0.05, 0) is 31.2 Å². The number of benzene rings is 1. The number of hydrogen-bond acceptors (Lipinski definition) is 9. The van der Waals surface area contributed by atoms with Crippen molar-refractivity contribution in [2.75, 3.05) is 10.9 Å². The number of nitro groups is 1. The first-order valence-corrected chi connectivity index (χ1v) is 8.54. The van der Waals surface area contributed by atoms with Gasteiger partial charge < -0.3 is 0 Å². The summed E-state index contributed by atoms with van der Waals surface area (Å²) in [4.78, 5) is 46.4. The zero-order chi connectivity index (χ0) is 21.5. The maximum absolute atomic E-state index is 12.2. The van der Waals surface area contributed by atoms with Crippen LogP contribution in [0, 0.1) is 17.0 Å². The largest absolute Gasteiger partial charge is 0.356 e. The maximum atomic E-state index is 12.2. The molecule has 2 amide bonds. The van der Waals surface area contributed by atoms with Crippen LogP contribution in [0.1, 0.15) is 26.3 Å². The predicted octanol–water partition coefficient (Wildman–Crippen LogP) is 1.60. The van der Waals surface area contributed by atoms with Crippen LogP contribution in [-0.2, 0) is 0 Å². The second-order valence-corrected chi connectivity index (χ2v) is 5.94. The van der Waals surface area contributed by atoms with E-state index in [0.29, 0.717) is 5.56 Å². The molecule has 0 bridgehead atoms. The van der Waals surface area contributed by atoms with Gasteiger partial charge in [0.2, 0.25) is 11.6 Å². The van der Waals surface area contributed by atoms with E-state index in [-0.39, 0.29) is 17.2 Å². The van der Waals surface area contributed by atoms with Crippen LogP contribution in [-0.4, -0.2) is 31.7 Å². The summed E-state index contributed by atoms with van der Waals surface area (Å²) >= 11 is 0. The molecule has 0 fully saturated rings. The fourth-order valence-electron chi connectivity index (χ4n) is 2.31. The van der Waals surface area contributed by atoms with Crippen LogP contribution in [0.25, 0.3) is 0 Å². The van der Waals surface area contributed by atoms with Gasteiger partial charge in [-0.25, -0.2) is 9.97 Å². The van der Waals surface area contributed by atoms with Crippen LogP contribution < -0.4 is 21.7 Å². The van der Waals surface area contributed by atoms with Crippen LogP contribution in [0.4, 0.5) is 17.3 Å². The molecule has 12 heteroatoms. The molecule has 0 saturated carbocycles. The smallest absolute Gasteiger partial charge is 0.276 e. The molecular formula is C18H16N8O4. The van der Waals surface area contributed by atoms with E-state index in [9.17, 15) is 19.7 Å². The zero-order valence-electron chi connectivity index (χ0n) is 15.6. The number of hydrogen-bond donors (Lipinski definition) is 4. The average Bonchev–Trinajstić information content (AvgIpc) is 2.76. The van der Waals surface area contributed by atoms with Gasteiger partial charge in [-0.1, -0.05) is 17.7 Å². The SMILES string of the molecule is Cc1ccc(C(=O)NNc2ncnc(NNC(=O)c3cccnc3)c2[N+](=O)[O-])cc1. The van der Waals surface area contributed by atoms with E-state index in [1.807, 2.05) is 6.92 Å².